The van der Waals surface area contributed by atoms with Crippen molar-refractivity contribution in [3.63, 3.8) is 0 Å². The van der Waals surface area contributed by atoms with Crippen molar-refractivity contribution >= 4 is 17.5 Å². The van der Waals surface area contributed by atoms with Gasteiger partial charge in [0.25, 0.3) is 5.91 Å². The summed E-state index contributed by atoms with van der Waals surface area (Å²) in [6.45, 7) is 0. The lowest BCUT2D eigenvalue weighted by Gasteiger charge is -2.18. The molecule has 0 radical (unpaired) electrons. The van der Waals surface area contributed by atoms with Crippen LogP contribution in [0.1, 0.15) is 41.7 Å². The maximum atomic E-state index is 14.3. The van der Waals surface area contributed by atoms with Gasteiger partial charge in [-0.15, -0.1) is 0 Å². The second kappa shape index (κ2) is 8.21. The van der Waals surface area contributed by atoms with Gasteiger partial charge in [-0.1, -0.05) is 17.7 Å². The van der Waals surface area contributed by atoms with E-state index in [-0.39, 0.29) is 28.4 Å². The number of aromatic nitrogens is 4. The third kappa shape index (κ3) is 4.46. The summed E-state index contributed by atoms with van der Waals surface area (Å²) in [5.41, 5.74) is -0.231. The number of hydrogen-bond acceptors (Lipinski definition) is 4. The van der Waals surface area contributed by atoms with Crippen LogP contribution in [0, 0.1) is 0 Å². The largest absolute Gasteiger partial charge is 0.484 e. The van der Waals surface area contributed by atoms with Crippen LogP contribution in [-0.4, -0.2) is 43.8 Å². The second-order valence-corrected chi connectivity index (χ2v) is 9.04. The summed E-state index contributed by atoms with van der Waals surface area (Å²) in [6, 6.07) is 4.88. The molecule has 0 aliphatic heterocycles. The quantitative estimate of drug-likeness (QED) is 0.449. The molecule has 0 unspecified atom stereocenters. The summed E-state index contributed by atoms with van der Waals surface area (Å²) in [7, 11) is 1.23. The highest BCUT2D eigenvalue weighted by Crippen LogP contribution is 2.49. The first kappa shape index (κ1) is 23.6. The fourth-order valence-corrected chi connectivity index (χ4v) is 3.71. The molecule has 1 amide bonds. The summed E-state index contributed by atoms with van der Waals surface area (Å²) in [4.78, 5) is 12.5. The molecular weight excluding hydrogens is 497 g/mol. The topological polar surface area (TPSA) is 74.0 Å². The molecule has 5 rings (SSSR count). The minimum absolute atomic E-state index is 0.128. The zero-order chi connectivity index (χ0) is 25.1. The Morgan fingerprint density at radius 3 is 2.49 bits per heavy atom. The van der Waals surface area contributed by atoms with Gasteiger partial charge in [-0.25, -0.2) is 9.36 Å². The fraction of sp³-hybridized carbons (Fsp3) is 0.409. The van der Waals surface area contributed by atoms with Gasteiger partial charge in [0.1, 0.15) is 0 Å². The summed E-state index contributed by atoms with van der Waals surface area (Å²) in [6.07, 6.45) is -0.629. The molecule has 2 aliphatic carbocycles. The number of amides is 1. The number of aryl methyl sites for hydroxylation is 1. The summed E-state index contributed by atoms with van der Waals surface area (Å²) in [5, 5.41) is 10.7. The van der Waals surface area contributed by atoms with Crippen LogP contribution in [-0.2, 0) is 13.0 Å². The molecule has 7 nitrogen and oxygen atoms in total. The molecule has 0 atom stereocenters. The van der Waals surface area contributed by atoms with Gasteiger partial charge in [-0.05, 0) is 43.4 Å². The summed E-state index contributed by atoms with van der Waals surface area (Å²) < 4.78 is 75.4. The number of nitrogens with one attached hydrogen (secondary N) is 1. The van der Waals surface area contributed by atoms with E-state index < -0.39 is 29.6 Å². The average molecular weight is 516 g/mol. The fourth-order valence-electron chi connectivity index (χ4n) is 3.51. The van der Waals surface area contributed by atoms with Crippen LogP contribution in [0.25, 0.3) is 16.9 Å². The highest BCUT2D eigenvalue weighted by atomic mass is 35.5. The highest BCUT2D eigenvalue weighted by Gasteiger charge is 2.62. The molecule has 2 saturated carbocycles. The molecule has 0 saturated heterocycles. The Labute approximate surface area is 200 Å². The minimum Gasteiger partial charge on any atom is -0.484 e. The highest BCUT2D eigenvalue weighted by molar-refractivity contribution is 6.34. The number of alkyl halides is 5. The van der Waals surface area contributed by atoms with E-state index in [1.165, 1.54) is 19.4 Å². The third-order valence-electron chi connectivity index (χ3n) is 5.69. The van der Waals surface area contributed by atoms with E-state index in [1.807, 2.05) is 0 Å². The Bertz CT molecular complexity index is 1290. The van der Waals surface area contributed by atoms with Gasteiger partial charge >= 0.3 is 12.1 Å². The van der Waals surface area contributed by atoms with Gasteiger partial charge in [-0.2, -0.15) is 32.1 Å². The standard InChI is InChI=1S/C22H19ClF5N5O2/c1-32-20(17(35-14-5-6-14)18(31-32)21(24,25)22(26,27)28)33-10-12(9-29-33)11-2-7-16(23)15(8-11)19(34)30-13-3-4-13/h2,7-10,13-14H,3-6H2,1H3,(H,30,34). The van der Waals surface area contributed by atoms with E-state index in [0.29, 0.717) is 24.0 Å². The molecule has 2 heterocycles. The molecule has 1 aromatic carbocycles. The molecule has 0 spiro atoms. The lowest BCUT2D eigenvalue weighted by Crippen LogP contribution is -2.34. The van der Waals surface area contributed by atoms with Crippen molar-refractivity contribution in [1.29, 1.82) is 0 Å². The average Bonchev–Trinajstić information content (AvgIpc) is 3.69. The van der Waals surface area contributed by atoms with Crippen LogP contribution in [0.5, 0.6) is 5.75 Å². The molecule has 13 heteroatoms. The van der Waals surface area contributed by atoms with Crippen molar-refractivity contribution in [2.75, 3.05) is 0 Å². The van der Waals surface area contributed by atoms with Gasteiger partial charge in [0.2, 0.25) is 0 Å². The van der Waals surface area contributed by atoms with Crippen molar-refractivity contribution in [1.82, 2.24) is 24.9 Å². The van der Waals surface area contributed by atoms with Crippen LogP contribution < -0.4 is 10.1 Å². The van der Waals surface area contributed by atoms with E-state index >= 15 is 0 Å². The first-order valence-electron chi connectivity index (χ1n) is 10.8. The zero-order valence-corrected chi connectivity index (χ0v) is 19.0. The molecule has 0 bridgehead atoms. The van der Waals surface area contributed by atoms with Crippen molar-refractivity contribution in [2.45, 2.75) is 49.9 Å². The van der Waals surface area contributed by atoms with E-state index in [9.17, 15) is 26.7 Å². The van der Waals surface area contributed by atoms with E-state index in [4.69, 9.17) is 16.3 Å². The van der Waals surface area contributed by atoms with Crippen LogP contribution in [0.2, 0.25) is 5.02 Å². The lowest BCUT2D eigenvalue weighted by atomic mass is 10.1. The van der Waals surface area contributed by atoms with E-state index in [2.05, 4.69) is 15.5 Å². The third-order valence-corrected chi connectivity index (χ3v) is 6.02. The molecule has 3 aromatic rings. The molecular formula is C22H19ClF5N5O2. The maximum Gasteiger partial charge on any atom is 0.459 e. The summed E-state index contributed by atoms with van der Waals surface area (Å²) >= 11 is 6.19. The monoisotopic (exact) mass is 515 g/mol. The number of rotatable bonds is 7. The predicted octanol–water partition coefficient (Wildman–Crippen LogP) is 5.01. The molecule has 186 valence electrons. The lowest BCUT2D eigenvalue weighted by molar-refractivity contribution is -0.291. The van der Waals surface area contributed by atoms with Crippen LogP contribution in [0.15, 0.2) is 30.6 Å². The number of nitrogens with zero attached hydrogens (tertiary/aromatic N) is 4. The minimum atomic E-state index is -5.85. The normalized spacial score (nSPS) is 16.4. The van der Waals surface area contributed by atoms with E-state index in [0.717, 1.165) is 22.2 Å². The van der Waals surface area contributed by atoms with Gasteiger partial charge in [-0.3, -0.25) is 4.79 Å². The molecule has 1 N–H and O–H groups in total. The number of hydrogen-bond donors (Lipinski definition) is 1. The maximum absolute atomic E-state index is 14.3. The van der Waals surface area contributed by atoms with E-state index in [1.54, 1.807) is 18.2 Å². The Balaban J connectivity index is 1.53. The van der Waals surface area contributed by atoms with Crippen LogP contribution in [0.3, 0.4) is 0 Å². The Morgan fingerprint density at radius 2 is 1.86 bits per heavy atom. The van der Waals surface area contributed by atoms with Gasteiger partial charge < -0.3 is 10.1 Å². The molecule has 2 aromatic heterocycles. The Kier molecular flexibility index (Phi) is 5.53. The second-order valence-electron chi connectivity index (χ2n) is 8.63. The smallest absolute Gasteiger partial charge is 0.459 e. The summed E-state index contributed by atoms with van der Waals surface area (Å²) in [5.74, 6) is -6.39. The van der Waals surface area contributed by atoms with Crippen LogP contribution >= 0.6 is 11.6 Å². The Morgan fingerprint density at radius 1 is 1.14 bits per heavy atom. The van der Waals surface area contributed by atoms with Gasteiger partial charge in [0.05, 0.1) is 22.9 Å². The van der Waals surface area contributed by atoms with Crippen LogP contribution in [0.4, 0.5) is 22.0 Å². The number of benzene rings is 1. The number of ether oxygens (including phenoxy) is 1. The number of carbonyl (C=O) groups is 1. The van der Waals surface area contributed by atoms with Crippen molar-refractivity contribution < 1.29 is 31.5 Å². The predicted molar refractivity (Wildman–Crippen MR) is 115 cm³/mol. The van der Waals surface area contributed by atoms with Crippen molar-refractivity contribution in [3.05, 3.63) is 46.9 Å². The van der Waals surface area contributed by atoms with Crippen molar-refractivity contribution in [3.8, 4) is 22.7 Å². The first-order valence-corrected chi connectivity index (χ1v) is 11.2. The SMILES string of the molecule is Cn1nc(C(F)(F)C(F)(F)F)c(OC2CC2)c1-n1cc(-c2ccc(Cl)c(C(=O)NC3CC3)c2)cn1. The Hall–Kier alpha value is -3.15. The zero-order valence-electron chi connectivity index (χ0n) is 18.2. The number of carbonyl (C=O) groups excluding carboxylic acids is 1. The molecule has 35 heavy (non-hydrogen) atoms. The first-order chi connectivity index (χ1) is 16.5. The molecule has 2 aliphatic rings. The van der Waals surface area contributed by atoms with Gasteiger partial charge in [0, 0.05) is 24.8 Å². The van der Waals surface area contributed by atoms with Gasteiger partial charge in [0.15, 0.2) is 17.3 Å². The number of halogens is 6. The molecule has 2 fully saturated rings. The van der Waals surface area contributed by atoms with Crippen molar-refractivity contribution in [2.24, 2.45) is 7.05 Å².